The number of ether oxygens (including phenoxy) is 3. The first-order valence-corrected chi connectivity index (χ1v) is 9.50. The van der Waals surface area contributed by atoms with E-state index in [0.29, 0.717) is 33.6 Å². The lowest BCUT2D eigenvalue weighted by atomic mass is 10.2. The highest BCUT2D eigenvalue weighted by atomic mass is 35.5. The van der Waals surface area contributed by atoms with Crippen molar-refractivity contribution in [1.29, 1.82) is 0 Å². The fraction of sp³-hybridized carbons (Fsp3) is 0.130. The summed E-state index contributed by atoms with van der Waals surface area (Å²) in [5.41, 5.74) is 2.20. The third kappa shape index (κ3) is 5.75. The molecule has 0 aromatic heterocycles. The quantitative estimate of drug-likeness (QED) is 0.509. The Hall–Kier alpha value is -3.51. The molecule has 6 nitrogen and oxygen atoms in total. The molecule has 3 aromatic rings. The molecule has 1 amide bonds. The number of nitrogens with zero attached hydrogens (tertiary/aromatic N) is 1. The van der Waals surface area contributed by atoms with Gasteiger partial charge in [-0.25, -0.2) is 0 Å². The molecule has 0 heterocycles. The van der Waals surface area contributed by atoms with Crippen molar-refractivity contribution < 1.29 is 19.0 Å². The number of nitrogens with one attached hydrogen (secondary N) is 1. The summed E-state index contributed by atoms with van der Waals surface area (Å²) >= 11 is 6.11. The van der Waals surface area contributed by atoms with E-state index in [1.165, 1.54) is 0 Å². The first-order valence-electron chi connectivity index (χ1n) is 9.12. The number of rotatable bonds is 8. The molecule has 0 saturated carbocycles. The van der Waals surface area contributed by atoms with Crippen molar-refractivity contribution in [2.75, 3.05) is 26.1 Å². The summed E-state index contributed by atoms with van der Waals surface area (Å²) in [7, 11) is 3.12. The molecule has 0 radical (unpaired) electrons. The molecule has 1 N–H and O–H groups in total. The zero-order valence-corrected chi connectivity index (χ0v) is 17.3. The molecule has 154 valence electrons. The van der Waals surface area contributed by atoms with E-state index in [4.69, 9.17) is 25.8 Å². The Kier molecular flexibility index (Phi) is 7.29. The van der Waals surface area contributed by atoms with Crippen LogP contribution in [-0.4, -0.2) is 32.9 Å². The van der Waals surface area contributed by atoms with Gasteiger partial charge in [-0.2, -0.15) is 0 Å². The lowest BCUT2D eigenvalue weighted by Crippen LogP contribution is -2.20. The second-order valence-electron chi connectivity index (χ2n) is 6.18. The van der Waals surface area contributed by atoms with Gasteiger partial charge in [0.1, 0.15) is 17.2 Å². The molecule has 0 saturated heterocycles. The van der Waals surface area contributed by atoms with Crippen molar-refractivity contribution in [3.63, 3.8) is 0 Å². The van der Waals surface area contributed by atoms with Crippen molar-refractivity contribution in [2.45, 2.75) is 0 Å². The molecule has 7 heteroatoms. The van der Waals surface area contributed by atoms with E-state index in [-0.39, 0.29) is 12.5 Å². The van der Waals surface area contributed by atoms with Crippen molar-refractivity contribution in [3.8, 4) is 17.2 Å². The molecule has 0 spiro atoms. The van der Waals surface area contributed by atoms with Gasteiger partial charge in [0.2, 0.25) is 0 Å². The molecule has 0 atom stereocenters. The van der Waals surface area contributed by atoms with Crippen molar-refractivity contribution in [1.82, 2.24) is 0 Å². The van der Waals surface area contributed by atoms with E-state index in [2.05, 4.69) is 10.3 Å². The van der Waals surface area contributed by atoms with Crippen LogP contribution in [0.25, 0.3) is 0 Å². The van der Waals surface area contributed by atoms with Gasteiger partial charge in [0.25, 0.3) is 5.91 Å². The Morgan fingerprint density at radius 2 is 1.73 bits per heavy atom. The van der Waals surface area contributed by atoms with Crippen LogP contribution in [0.5, 0.6) is 17.2 Å². The molecule has 3 aromatic carbocycles. The van der Waals surface area contributed by atoms with Crippen LogP contribution in [-0.2, 0) is 4.79 Å². The van der Waals surface area contributed by atoms with Crippen LogP contribution in [0.15, 0.2) is 71.7 Å². The van der Waals surface area contributed by atoms with Crippen LogP contribution >= 0.6 is 11.6 Å². The van der Waals surface area contributed by atoms with Gasteiger partial charge in [0, 0.05) is 6.21 Å². The molecule has 0 unspecified atom stereocenters. The maximum Gasteiger partial charge on any atom is 0.262 e. The van der Waals surface area contributed by atoms with Gasteiger partial charge >= 0.3 is 0 Å². The van der Waals surface area contributed by atoms with Crippen LogP contribution in [0, 0.1) is 0 Å². The predicted molar refractivity (Wildman–Crippen MR) is 119 cm³/mol. The summed E-state index contributed by atoms with van der Waals surface area (Å²) < 4.78 is 15.9. The molecular weight excluding hydrogens is 404 g/mol. The minimum absolute atomic E-state index is 0.115. The Labute approximate surface area is 180 Å². The van der Waals surface area contributed by atoms with E-state index < -0.39 is 0 Å². The van der Waals surface area contributed by atoms with Gasteiger partial charge < -0.3 is 19.5 Å². The number of anilines is 1. The fourth-order valence-corrected chi connectivity index (χ4v) is 2.87. The average molecular weight is 425 g/mol. The standard InChI is InChI=1S/C23H21ClN2O4/c1-28-21-12-9-17(13-19(21)24)25-14-16-7-10-18(11-8-16)30-15-23(27)26-20-5-3-4-6-22(20)29-2/h3-14H,15H2,1-2H3,(H,26,27). The number of methoxy groups -OCH3 is 2. The number of para-hydroxylation sites is 2. The van der Waals surface area contributed by atoms with E-state index in [9.17, 15) is 4.79 Å². The van der Waals surface area contributed by atoms with Crippen LogP contribution in [0.1, 0.15) is 5.56 Å². The van der Waals surface area contributed by atoms with E-state index >= 15 is 0 Å². The SMILES string of the molecule is COc1ccc(N=Cc2ccc(OCC(=O)Nc3ccccc3OC)cc2)cc1Cl. The molecule has 0 fully saturated rings. The maximum absolute atomic E-state index is 12.1. The zero-order valence-electron chi connectivity index (χ0n) is 16.6. The first-order chi connectivity index (χ1) is 14.6. The van der Waals surface area contributed by atoms with Crippen LogP contribution < -0.4 is 19.5 Å². The topological polar surface area (TPSA) is 69.2 Å². The van der Waals surface area contributed by atoms with Gasteiger partial charge in [0.05, 0.1) is 30.6 Å². The summed E-state index contributed by atoms with van der Waals surface area (Å²) in [5.74, 6) is 1.50. The van der Waals surface area contributed by atoms with Crippen LogP contribution in [0.2, 0.25) is 5.02 Å². The summed E-state index contributed by atoms with van der Waals surface area (Å²) in [6.45, 7) is -0.115. The number of benzene rings is 3. The Balaban J connectivity index is 1.54. The monoisotopic (exact) mass is 424 g/mol. The molecule has 0 aliphatic rings. The lowest BCUT2D eigenvalue weighted by molar-refractivity contribution is -0.118. The second-order valence-corrected chi connectivity index (χ2v) is 6.59. The highest BCUT2D eigenvalue weighted by Gasteiger charge is 2.07. The second kappa shape index (κ2) is 10.3. The Morgan fingerprint density at radius 1 is 1.00 bits per heavy atom. The normalized spacial score (nSPS) is 10.6. The van der Waals surface area contributed by atoms with E-state index in [1.807, 2.05) is 30.3 Å². The van der Waals surface area contributed by atoms with Crippen molar-refractivity contribution in [2.24, 2.45) is 4.99 Å². The van der Waals surface area contributed by atoms with Gasteiger partial charge in [-0.3, -0.25) is 9.79 Å². The average Bonchev–Trinajstić information content (AvgIpc) is 2.77. The van der Waals surface area contributed by atoms with Crippen molar-refractivity contribution in [3.05, 3.63) is 77.3 Å². The highest BCUT2D eigenvalue weighted by Crippen LogP contribution is 2.28. The molecule has 3 rings (SSSR count). The summed E-state index contributed by atoms with van der Waals surface area (Å²) in [6.07, 6.45) is 1.72. The minimum atomic E-state index is -0.276. The number of carbonyl (C=O) groups excluding carboxylic acids is 1. The highest BCUT2D eigenvalue weighted by molar-refractivity contribution is 6.32. The molecule has 0 aliphatic carbocycles. The smallest absolute Gasteiger partial charge is 0.262 e. The zero-order chi connectivity index (χ0) is 21.3. The van der Waals surface area contributed by atoms with Crippen LogP contribution in [0.3, 0.4) is 0 Å². The maximum atomic E-state index is 12.1. The number of hydrogen-bond donors (Lipinski definition) is 1. The van der Waals surface area contributed by atoms with E-state index in [0.717, 1.165) is 5.56 Å². The lowest BCUT2D eigenvalue weighted by Gasteiger charge is -2.10. The van der Waals surface area contributed by atoms with Gasteiger partial charge in [-0.1, -0.05) is 23.7 Å². The number of carbonyl (C=O) groups is 1. The third-order valence-corrected chi connectivity index (χ3v) is 4.42. The van der Waals surface area contributed by atoms with Crippen LogP contribution in [0.4, 0.5) is 11.4 Å². The van der Waals surface area contributed by atoms with E-state index in [1.54, 1.807) is 56.8 Å². The van der Waals surface area contributed by atoms with Gasteiger partial charge in [0.15, 0.2) is 6.61 Å². The van der Waals surface area contributed by atoms with Gasteiger partial charge in [-0.05, 0) is 60.2 Å². The predicted octanol–water partition coefficient (Wildman–Crippen LogP) is 5.13. The summed E-state index contributed by atoms with van der Waals surface area (Å²) in [5, 5.41) is 3.27. The third-order valence-electron chi connectivity index (χ3n) is 4.13. The Bertz CT molecular complexity index is 1040. The largest absolute Gasteiger partial charge is 0.495 e. The first kappa shape index (κ1) is 21.2. The molecular formula is C23H21ClN2O4. The molecule has 30 heavy (non-hydrogen) atoms. The minimum Gasteiger partial charge on any atom is -0.495 e. The fourth-order valence-electron chi connectivity index (χ4n) is 2.62. The summed E-state index contributed by atoms with van der Waals surface area (Å²) in [4.78, 5) is 16.5. The number of amides is 1. The number of halogens is 1. The molecule has 0 bridgehead atoms. The summed E-state index contributed by atoms with van der Waals surface area (Å²) in [6, 6.07) is 19.8. The van der Waals surface area contributed by atoms with Crippen molar-refractivity contribution >= 4 is 35.1 Å². The Morgan fingerprint density at radius 3 is 2.43 bits per heavy atom. The van der Waals surface area contributed by atoms with Gasteiger partial charge in [-0.15, -0.1) is 0 Å². The number of aliphatic imine (C=N–C) groups is 1. The molecule has 0 aliphatic heterocycles. The number of hydrogen-bond acceptors (Lipinski definition) is 5.